The Hall–Kier alpha value is -3.13. The summed E-state index contributed by atoms with van der Waals surface area (Å²) in [4.78, 5) is 27.9. The van der Waals surface area contributed by atoms with E-state index in [1.807, 2.05) is 39.0 Å². The molecule has 1 N–H and O–H groups in total. The Balaban J connectivity index is 1.33. The van der Waals surface area contributed by atoms with Crippen molar-refractivity contribution in [3.8, 4) is 6.07 Å². The Kier molecular flexibility index (Phi) is 9.31. The van der Waals surface area contributed by atoms with Gasteiger partial charge in [0.15, 0.2) is 5.11 Å². The lowest BCUT2D eigenvalue weighted by atomic mass is 9.79. The first-order chi connectivity index (χ1) is 20.8. The van der Waals surface area contributed by atoms with E-state index in [2.05, 4.69) is 22.4 Å². The van der Waals surface area contributed by atoms with Crippen molar-refractivity contribution in [2.24, 2.45) is 11.8 Å². The summed E-state index contributed by atoms with van der Waals surface area (Å²) in [5.41, 5.74) is 1.44. The maximum atomic E-state index is 12.6. The first-order valence-corrected chi connectivity index (χ1v) is 16.2. The molecule has 2 aromatic rings. The molecule has 234 valence electrons. The van der Waals surface area contributed by atoms with Gasteiger partial charge < -0.3 is 19.9 Å². The molecule has 3 aliphatic rings. The Morgan fingerprint density at radius 1 is 1.23 bits per heavy atom. The molecule has 2 saturated carbocycles. The van der Waals surface area contributed by atoms with Gasteiger partial charge in [-0.05, 0) is 113 Å². The topological polar surface area (TPSA) is 112 Å². The number of rotatable bonds is 6. The number of carbonyl (C=O) groups is 1. The van der Waals surface area contributed by atoms with E-state index in [1.165, 1.54) is 17.7 Å². The summed E-state index contributed by atoms with van der Waals surface area (Å²) in [5, 5.41) is 25.1. The number of nitro benzene ring substituents is 1. The number of benzene rings is 2. The lowest BCUT2D eigenvalue weighted by molar-refractivity contribution is -0.383. The van der Waals surface area contributed by atoms with Crippen LogP contribution in [-0.2, 0) is 10.2 Å². The van der Waals surface area contributed by atoms with Gasteiger partial charge in [0, 0.05) is 31.7 Å². The zero-order valence-corrected chi connectivity index (χ0v) is 27.5. The lowest BCUT2D eigenvalue weighted by Gasteiger charge is -2.42. The fraction of sp³-hybridized carbons (Fsp3) is 0.531. The molecule has 1 heterocycles. The molecule has 1 saturated heterocycles. The molecule has 12 heteroatoms. The highest BCUT2D eigenvalue weighted by atomic mass is 35.5. The molecule has 5 rings (SSSR count). The molecule has 2 aliphatic carbocycles. The highest BCUT2D eigenvalue weighted by Gasteiger charge is 2.58. The molecule has 1 aliphatic heterocycles. The fourth-order valence-corrected chi connectivity index (χ4v) is 7.48. The number of thiocarbonyl (C=S) groups is 1. The Labute approximate surface area is 273 Å². The van der Waals surface area contributed by atoms with Gasteiger partial charge in [-0.15, -0.1) is 0 Å². The largest absolute Gasteiger partial charge is 0.444 e. The molecular formula is C32H37Cl2N5O4S. The van der Waals surface area contributed by atoms with Gasteiger partial charge in [0.25, 0.3) is 5.69 Å². The Morgan fingerprint density at radius 2 is 1.93 bits per heavy atom. The summed E-state index contributed by atoms with van der Waals surface area (Å²) in [7, 11) is 0. The van der Waals surface area contributed by atoms with Crippen LogP contribution >= 0.6 is 35.4 Å². The van der Waals surface area contributed by atoms with E-state index in [-0.39, 0.29) is 44.9 Å². The van der Waals surface area contributed by atoms with Crippen LogP contribution in [-0.4, -0.2) is 57.2 Å². The number of halogens is 2. The van der Waals surface area contributed by atoms with Crippen molar-refractivity contribution in [2.45, 2.75) is 76.4 Å². The SMILES string of the molecule is CC(C)(C)OC(=O)N1CCC(CN(C(=S)Nc2cc(Cl)c(Cl)cc2[N+](=O)[O-])[C@@H]2CC[C@]3(c4cccc(C#N)c4)CC3C2)CC1. The maximum absolute atomic E-state index is 12.6. The van der Waals surface area contributed by atoms with E-state index in [0.717, 1.165) is 38.5 Å². The molecule has 1 unspecified atom stereocenters. The lowest BCUT2D eigenvalue weighted by Crippen LogP contribution is -2.49. The number of amides is 1. The molecular weight excluding hydrogens is 621 g/mol. The summed E-state index contributed by atoms with van der Waals surface area (Å²) in [6.07, 6.45) is 5.17. The van der Waals surface area contributed by atoms with Crippen LogP contribution in [0, 0.1) is 33.3 Å². The third-order valence-corrected chi connectivity index (χ3v) is 10.2. The van der Waals surface area contributed by atoms with Crippen molar-refractivity contribution >= 4 is 58.0 Å². The summed E-state index contributed by atoms with van der Waals surface area (Å²) in [6, 6.07) is 13.0. The van der Waals surface area contributed by atoms with Crippen LogP contribution < -0.4 is 5.32 Å². The Bertz CT molecular complexity index is 1500. The maximum Gasteiger partial charge on any atom is 0.410 e. The summed E-state index contributed by atoms with van der Waals surface area (Å²) in [5.74, 6) is 0.740. The minimum absolute atomic E-state index is 0.0886. The summed E-state index contributed by atoms with van der Waals surface area (Å²) in [6.45, 7) is 7.44. The number of nitrogens with one attached hydrogen (secondary N) is 1. The second kappa shape index (κ2) is 12.7. The molecule has 44 heavy (non-hydrogen) atoms. The number of nitro groups is 1. The number of ether oxygens (including phenoxy) is 1. The minimum atomic E-state index is -0.551. The van der Waals surface area contributed by atoms with Crippen molar-refractivity contribution in [3.63, 3.8) is 0 Å². The van der Waals surface area contributed by atoms with E-state index < -0.39 is 10.5 Å². The van der Waals surface area contributed by atoms with Crippen molar-refractivity contribution in [1.82, 2.24) is 9.80 Å². The van der Waals surface area contributed by atoms with Crippen LogP contribution in [0.1, 0.15) is 70.4 Å². The number of piperidine rings is 1. The molecule has 3 atom stereocenters. The van der Waals surface area contributed by atoms with Crippen LogP contribution in [0.25, 0.3) is 0 Å². The van der Waals surface area contributed by atoms with Crippen molar-refractivity contribution < 1.29 is 14.5 Å². The van der Waals surface area contributed by atoms with E-state index in [9.17, 15) is 20.2 Å². The number of nitrogens with zero attached hydrogens (tertiary/aromatic N) is 4. The minimum Gasteiger partial charge on any atom is -0.444 e. The highest BCUT2D eigenvalue weighted by molar-refractivity contribution is 7.80. The van der Waals surface area contributed by atoms with Gasteiger partial charge in [0.2, 0.25) is 0 Å². The van der Waals surface area contributed by atoms with Crippen LogP contribution in [0.2, 0.25) is 10.0 Å². The first kappa shape index (κ1) is 32.3. The number of anilines is 1. The number of hydrogen-bond acceptors (Lipinski definition) is 6. The van der Waals surface area contributed by atoms with E-state index in [1.54, 1.807) is 4.90 Å². The third-order valence-electron chi connectivity index (χ3n) is 9.18. The number of fused-ring (bicyclic) bond motifs is 1. The van der Waals surface area contributed by atoms with E-state index >= 15 is 0 Å². The molecule has 1 amide bonds. The highest BCUT2D eigenvalue weighted by Crippen LogP contribution is 2.63. The zero-order valence-electron chi connectivity index (χ0n) is 25.1. The summed E-state index contributed by atoms with van der Waals surface area (Å²) < 4.78 is 5.57. The van der Waals surface area contributed by atoms with Gasteiger partial charge in [-0.3, -0.25) is 10.1 Å². The monoisotopic (exact) mass is 657 g/mol. The van der Waals surface area contributed by atoms with Gasteiger partial charge in [0.05, 0.1) is 26.6 Å². The second-order valence-electron chi connectivity index (χ2n) is 13.2. The number of nitriles is 1. The van der Waals surface area contributed by atoms with Crippen LogP contribution in [0.15, 0.2) is 36.4 Å². The molecule has 0 spiro atoms. The molecule has 0 aromatic heterocycles. The smallest absolute Gasteiger partial charge is 0.410 e. The molecule has 0 bridgehead atoms. The van der Waals surface area contributed by atoms with Gasteiger partial charge in [0.1, 0.15) is 11.3 Å². The van der Waals surface area contributed by atoms with Crippen molar-refractivity contribution in [3.05, 3.63) is 67.7 Å². The summed E-state index contributed by atoms with van der Waals surface area (Å²) >= 11 is 18.3. The Morgan fingerprint density at radius 3 is 2.57 bits per heavy atom. The van der Waals surface area contributed by atoms with Crippen molar-refractivity contribution in [1.29, 1.82) is 5.26 Å². The van der Waals surface area contributed by atoms with Gasteiger partial charge in [-0.1, -0.05) is 35.3 Å². The van der Waals surface area contributed by atoms with Crippen LogP contribution in [0.4, 0.5) is 16.2 Å². The standard InChI is InChI=1S/C32H37Cl2N5O4S/c1-31(2,3)43-30(40)37-11-8-20(9-12-37)19-38(29(44)36-27-15-25(33)26(34)16-28(27)39(41)42)24-7-10-32(17-23(32)14-24)22-6-4-5-21(13-22)18-35/h4-6,13,15-16,20,23-24H,7-12,14,17,19H2,1-3H3,(H,36,44)/t23?,24-,32-/m1/s1. The third kappa shape index (κ3) is 7.06. The second-order valence-corrected chi connectivity index (χ2v) is 14.4. The quantitative estimate of drug-likeness (QED) is 0.189. The van der Waals surface area contributed by atoms with E-state index in [0.29, 0.717) is 36.2 Å². The fourth-order valence-electron chi connectivity index (χ4n) is 6.82. The predicted octanol–water partition coefficient (Wildman–Crippen LogP) is 7.93. The predicted molar refractivity (Wildman–Crippen MR) is 175 cm³/mol. The molecule has 3 fully saturated rings. The van der Waals surface area contributed by atoms with Gasteiger partial charge >= 0.3 is 6.09 Å². The number of hydrogen-bond donors (Lipinski definition) is 1. The van der Waals surface area contributed by atoms with Crippen LogP contribution in [0.3, 0.4) is 0 Å². The van der Waals surface area contributed by atoms with Crippen LogP contribution in [0.5, 0.6) is 0 Å². The van der Waals surface area contributed by atoms with Gasteiger partial charge in [-0.25, -0.2) is 4.79 Å². The normalized spacial score (nSPS) is 23.2. The average molecular weight is 659 g/mol. The first-order valence-electron chi connectivity index (χ1n) is 15.0. The van der Waals surface area contributed by atoms with Crippen molar-refractivity contribution in [2.75, 3.05) is 25.0 Å². The molecule has 0 radical (unpaired) electrons. The van der Waals surface area contributed by atoms with E-state index in [4.69, 9.17) is 40.2 Å². The molecule has 9 nitrogen and oxygen atoms in total. The van der Waals surface area contributed by atoms with Gasteiger partial charge in [-0.2, -0.15) is 5.26 Å². The number of carbonyl (C=O) groups excluding carboxylic acids is 1. The zero-order chi connectivity index (χ0) is 31.8. The average Bonchev–Trinajstić information content (AvgIpc) is 3.72. The molecule has 2 aromatic carbocycles. The number of likely N-dealkylation sites (tertiary alicyclic amines) is 1.